The lowest BCUT2D eigenvalue weighted by Crippen LogP contribution is -2.60. The Morgan fingerprint density at radius 1 is 1.05 bits per heavy atom. The molecule has 1 saturated carbocycles. The van der Waals surface area contributed by atoms with Gasteiger partial charge in [-0.2, -0.15) is 0 Å². The molecule has 2 aromatic carbocycles. The summed E-state index contributed by atoms with van der Waals surface area (Å²) in [6.45, 7) is 10.0. The third-order valence-electron chi connectivity index (χ3n) is 7.00. The SMILES string of the molecule is Cc1ccccc1CO[C@]1(C(=O)NCC(C)C)CC(OCc2c(F)cccc2F)[C@@H]2OC(C)(C)O[C@@H]2C1. The molecule has 0 radical (unpaired) electrons. The Labute approximate surface area is 217 Å². The van der Waals surface area contributed by atoms with Crippen LogP contribution in [0.1, 0.15) is 57.2 Å². The standard InChI is InChI=1S/C29H37F2NO5/c1-18(2)15-32-27(33)29(35-16-20-10-7-6-9-19(20)3)13-24(26-25(14-29)36-28(4,5)37-26)34-17-21-22(30)11-8-12-23(21)31/h6-12,18,24-26H,13-17H2,1-5H3,(H,32,33)/t24?,25-,26+,29-/m1/s1. The summed E-state index contributed by atoms with van der Waals surface area (Å²) in [5.74, 6) is -2.29. The maximum Gasteiger partial charge on any atom is 0.252 e. The van der Waals surface area contributed by atoms with Crippen LogP contribution in [0.25, 0.3) is 0 Å². The first-order chi connectivity index (χ1) is 17.5. The molecule has 2 aromatic rings. The second-order valence-corrected chi connectivity index (χ2v) is 10.9. The van der Waals surface area contributed by atoms with E-state index in [1.165, 1.54) is 18.2 Å². The van der Waals surface area contributed by atoms with Crippen molar-refractivity contribution in [1.82, 2.24) is 5.32 Å². The van der Waals surface area contributed by atoms with Crippen molar-refractivity contribution in [2.45, 2.75) is 90.4 Å². The van der Waals surface area contributed by atoms with E-state index >= 15 is 0 Å². The van der Waals surface area contributed by atoms with Gasteiger partial charge in [-0.25, -0.2) is 8.78 Å². The molecule has 1 unspecified atom stereocenters. The molecular formula is C29H37F2NO5. The van der Waals surface area contributed by atoms with Crippen LogP contribution in [0, 0.1) is 24.5 Å². The van der Waals surface area contributed by atoms with Crippen LogP contribution in [0.2, 0.25) is 0 Å². The molecule has 1 aliphatic carbocycles. The lowest BCUT2D eigenvalue weighted by molar-refractivity contribution is -0.183. The first kappa shape index (κ1) is 27.6. The largest absolute Gasteiger partial charge is 0.370 e. The summed E-state index contributed by atoms with van der Waals surface area (Å²) in [4.78, 5) is 13.7. The van der Waals surface area contributed by atoms with Gasteiger partial charge in [0, 0.05) is 24.9 Å². The van der Waals surface area contributed by atoms with Gasteiger partial charge in [-0.05, 0) is 49.9 Å². The quantitative estimate of drug-likeness (QED) is 0.495. The fraction of sp³-hybridized carbons (Fsp3) is 0.552. The molecular weight excluding hydrogens is 480 g/mol. The van der Waals surface area contributed by atoms with Crippen molar-refractivity contribution in [3.05, 3.63) is 70.8 Å². The van der Waals surface area contributed by atoms with E-state index in [1.807, 2.05) is 45.0 Å². The van der Waals surface area contributed by atoms with E-state index in [4.69, 9.17) is 18.9 Å². The minimum atomic E-state index is -1.28. The predicted octanol–water partition coefficient (Wildman–Crippen LogP) is 5.20. The van der Waals surface area contributed by atoms with E-state index in [2.05, 4.69) is 5.32 Å². The Hall–Kier alpha value is -2.39. The van der Waals surface area contributed by atoms with Gasteiger partial charge in [-0.15, -0.1) is 0 Å². The van der Waals surface area contributed by atoms with E-state index < -0.39 is 41.3 Å². The zero-order valence-electron chi connectivity index (χ0n) is 22.2. The summed E-state index contributed by atoms with van der Waals surface area (Å²) < 4.78 is 53.6. The number of aryl methyl sites for hydroxylation is 1. The van der Waals surface area contributed by atoms with Gasteiger partial charge in [0.1, 0.15) is 17.7 Å². The van der Waals surface area contributed by atoms with Crippen molar-refractivity contribution in [2.24, 2.45) is 5.92 Å². The number of carbonyl (C=O) groups excluding carboxylic acids is 1. The number of benzene rings is 2. The number of nitrogens with one attached hydrogen (secondary N) is 1. The molecule has 8 heteroatoms. The summed E-state index contributed by atoms with van der Waals surface area (Å²) in [5.41, 5.74) is 0.577. The lowest BCUT2D eigenvalue weighted by Gasteiger charge is -2.43. The molecule has 4 atom stereocenters. The first-order valence-corrected chi connectivity index (χ1v) is 12.9. The molecule has 0 aromatic heterocycles. The Kier molecular flexibility index (Phi) is 8.33. The average Bonchev–Trinajstić information content (AvgIpc) is 3.15. The van der Waals surface area contributed by atoms with Crippen molar-refractivity contribution in [2.75, 3.05) is 6.54 Å². The van der Waals surface area contributed by atoms with Gasteiger partial charge in [0.2, 0.25) is 0 Å². The Bertz CT molecular complexity index is 1090. The van der Waals surface area contributed by atoms with Crippen LogP contribution in [0.3, 0.4) is 0 Å². The number of hydrogen-bond acceptors (Lipinski definition) is 5. The number of rotatable bonds is 9. The van der Waals surface area contributed by atoms with Crippen molar-refractivity contribution < 1.29 is 32.5 Å². The number of amides is 1. The third kappa shape index (κ3) is 6.37. The molecule has 0 bridgehead atoms. The zero-order valence-corrected chi connectivity index (χ0v) is 22.2. The molecule has 1 amide bonds. The fourth-order valence-corrected chi connectivity index (χ4v) is 5.01. The van der Waals surface area contributed by atoms with Crippen molar-refractivity contribution >= 4 is 5.91 Å². The van der Waals surface area contributed by atoms with Crippen molar-refractivity contribution in [3.63, 3.8) is 0 Å². The van der Waals surface area contributed by atoms with Gasteiger partial charge in [-0.3, -0.25) is 4.79 Å². The van der Waals surface area contributed by atoms with E-state index in [1.54, 1.807) is 13.8 Å². The molecule has 1 aliphatic heterocycles. The van der Waals surface area contributed by atoms with Gasteiger partial charge in [-0.1, -0.05) is 44.2 Å². The van der Waals surface area contributed by atoms with Crippen LogP contribution in [0.4, 0.5) is 8.78 Å². The molecule has 0 spiro atoms. The molecule has 1 saturated heterocycles. The number of carbonyl (C=O) groups is 1. The molecule has 4 rings (SSSR count). The molecule has 1 heterocycles. The van der Waals surface area contributed by atoms with Gasteiger partial charge in [0.15, 0.2) is 11.4 Å². The highest BCUT2D eigenvalue weighted by molar-refractivity contribution is 5.85. The van der Waals surface area contributed by atoms with Crippen LogP contribution in [-0.4, -0.2) is 42.2 Å². The van der Waals surface area contributed by atoms with Crippen molar-refractivity contribution in [3.8, 4) is 0 Å². The molecule has 37 heavy (non-hydrogen) atoms. The monoisotopic (exact) mass is 517 g/mol. The van der Waals surface area contributed by atoms with Gasteiger partial charge in [0.25, 0.3) is 5.91 Å². The van der Waals surface area contributed by atoms with Crippen LogP contribution in [-0.2, 0) is 37.0 Å². The Balaban J connectivity index is 1.63. The number of fused-ring (bicyclic) bond motifs is 1. The Morgan fingerprint density at radius 3 is 2.43 bits per heavy atom. The second kappa shape index (κ2) is 11.2. The molecule has 2 aliphatic rings. The number of halogens is 2. The summed E-state index contributed by atoms with van der Waals surface area (Å²) in [7, 11) is 0. The summed E-state index contributed by atoms with van der Waals surface area (Å²) in [6.07, 6.45) is -1.29. The highest BCUT2D eigenvalue weighted by Gasteiger charge is 2.58. The topological polar surface area (TPSA) is 66.0 Å². The first-order valence-electron chi connectivity index (χ1n) is 12.9. The summed E-state index contributed by atoms with van der Waals surface area (Å²) >= 11 is 0. The van der Waals surface area contributed by atoms with Crippen LogP contribution < -0.4 is 5.32 Å². The summed E-state index contributed by atoms with van der Waals surface area (Å²) in [5, 5.41) is 3.02. The van der Waals surface area contributed by atoms with Gasteiger partial charge in [0.05, 0.1) is 25.4 Å². The molecule has 1 N–H and O–H groups in total. The second-order valence-electron chi connectivity index (χ2n) is 10.9. The average molecular weight is 518 g/mol. The van der Waals surface area contributed by atoms with E-state index in [0.29, 0.717) is 6.54 Å². The van der Waals surface area contributed by atoms with Crippen LogP contribution in [0.5, 0.6) is 0 Å². The minimum Gasteiger partial charge on any atom is -0.370 e. The number of hydrogen-bond donors (Lipinski definition) is 1. The maximum absolute atomic E-state index is 14.3. The van der Waals surface area contributed by atoms with Crippen molar-refractivity contribution in [1.29, 1.82) is 0 Å². The molecule has 2 fully saturated rings. The Morgan fingerprint density at radius 2 is 1.76 bits per heavy atom. The summed E-state index contributed by atoms with van der Waals surface area (Å²) in [6, 6.07) is 11.5. The maximum atomic E-state index is 14.3. The van der Waals surface area contributed by atoms with Gasteiger partial charge < -0.3 is 24.3 Å². The predicted molar refractivity (Wildman–Crippen MR) is 135 cm³/mol. The molecule has 6 nitrogen and oxygen atoms in total. The highest BCUT2D eigenvalue weighted by atomic mass is 19.1. The highest BCUT2D eigenvalue weighted by Crippen LogP contribution is 2.44. The van der Waals surface area contributed by atoms with Gasteiger partial charge >= 0.3 is 0 Å². The normalized spacial score (nSPS) is 26.8. The zero-order chi connectivity index (χ0) is 26.8. The number of ether oxygens (including phenoxy) is 4. The van der Waals surface area contributed by atoms with E-state index in [9.17, 15) is 13.6 Å². The molecule has 202 valence electrons. The fourth-order valence-electron chi connectivity index (χ4n) is 5.01. The lowest BCUT2D eigenvalue weighted by atomic mass is 9.78. The van der Waals surface area contributed by atoms with E-state index in [0.717, 1.165) is 11.1 Å². The smallest absolute Gasteiger partial charge is 0.252 e. The van der Waals surface area contributed by atoms with E-state index in [-0.39, 0.29) is 43.4 Å². The van der Waals surface area contributed by atoms with Crippen LogP contribution >= 0.6 is 0 Å². The third-order valence-corrected chi connectivity index (χ3v) is 7.00. The minimum absolute atomic E-state index is 0.152. The van der Waals surface area contributed by atoms with Crippen LogP contribution in [0.15, 0.2) is 42.5 Å².